The lowest BCUT2D eigenvalue weighted by Gasteiger charge is -2.31. The Kier molecular flexibility index (Phi) is 5.93. The normalized spacial score (nSPS) is 17.0. The number of benzene rings is 1. The highest BCUT2D eigenvalue weighted by molar-refractivity contribution is 6.39. The third kappa shape index (κ3) is 4.34. The molecule has 1 aliphatic heterocycles. The number of nitrogens with one attached hydrogen (secondary N) is 2. The van der Waals surface area contributed by atoms with Gasteiger partial charge in [0.25, 0.3) is 11.8 Å². The molecule has 0 spiro atoms. The van der Waals surface area contributed by atoms with Crippen molar-refractivity contribution in [1.29, 1.82) is 0 Å². The zero-order valence-electron chi connectivity index (χ0n) is 17.9. The smallest absolute Gasteiger partial charge is 0.288 e. The number of carbonyl (C=O) groups excluding carboxylic acids is 2. The van der Waals surface area contributed by atoms with Crippen LogP contribution in [0.3, 0.4) is 0 Å². The third-order valence-electron chi connectivity index (χ3n) is 4.95. The molecule has 10 heteroatoms. The van der Waals surface area contributed by atoms with Gasteiger partial charge in [0.2, 0.25) is 17.6 Å². The molecule has 0 bridgehead atoms. The van der Waals surface area contributed by atoms with Crippen LogP contribution >= 0.6 is 0 Å². The summed E-state index contributed by atoms with van der Waals surface area (Å²) in [5.74, 6) is -0.0659. The van der Waals surface area contributed by atoms with Crippen molar-refractivity contribution >= 4 is 23.3 Å². The number of aliphatic imine (C=N–C) groups is 1. The summed E-state index contributed by atoms with van der Waals surface area (Å²) in [7, 11) is 0. The Bertz CT molecular complexity index is 1130. The molecule has 0 saturated heterocycles. The molecule has 2 aromatic heterocycles. The first-order chi connectivity index (χ1) is 15.4. The minimum Gasteiger partial charge on any atom is -0.337 e. The molecule has 1 aliphatic rings. The number of carbonyl (C=O) groups is 2. The number of amides is 2. The van der Waals surface area contributed by atoms with Gasteiger partial charge in [-0.25, -0.2) is 10.0 Å². The molecule has 10 nitrogen and oxygen atoms in total. The maximum Gasteiger partial charge on any atom is 0.288 e. The molecule has 0 aliphatic carbocycles. The van der Waals surface area contributed by atoms with E-state index in [9.17, 15) is 9.59 Å². The maximum atomic E-state index is 13.1. The fraction of sp³-hybridized carbons (Fsp3) is 0.273. The predicted octanol–water partition coefficient (Wildman–Crippen LogP) is 2.28. The number of anilines is 1. The van der Waals surface area contributed by atoms with E-state index < -0.39 is 18.0 Å². The number of nitrogens with zero attached hydrogens (tertiary/aromatic N) is 5. The van der Waals surface area contributed by atoms with Gasteiger partial charge in [0.1, 0.15) is 12.1 Å². The maximum absolute atomic E-state index is 13.1. The van der Waals surface area contributed by atoms with Crippen molar-refractivity contribution in [1.82, 2.24) is 25.9 Å². The van der Waals surface area contributed by atoms with E-state index in [2.05, 4.69) is 30.9 Å². The van der Waals surface area contributed by atoms with Gasteiger partial charge in [-0.15, -0.1) is 0 Å². The second kappa shape index (κ2) is 8.96. The van der Waals surface area contributed by atoms with E-state index in [4.69, 9.17) is 4.52 Å². The third-order valence-corrected chi connectivity index (χ3v) is 4.95. The summed E-state index contributed by atoms with van der Waals surface area (Å²) in [6, 6.07) is 11.3. The van der Waals surface area contributed by atoms with Crippen molar-refractivity contribution < 1.29 is 14.1 Å². The number of hydrogen-bond acceptors (Lipinski definition) is 8. The minimum absolute atomic E-state index is 0.0282. The quantitative estimate of drug-likeness (QED) is 0.611. The van der Waals surface area contributed by atoms with Crippen molar-refractivity contribution in [2.45, 2.75) is 32.9 Å². The fourth-order valence-corrected chi connectivity index (χ4v) is 3.21. The molecule has 3 heterocycles. The zero-order chi connectivity index (χ0) is 22.7. The van der Waals surface area contributed by atoms with Crippen molar-refractivity contribution in [3.63, 3.8) is 0 Å². The van der Waals surface area contributed by atoms with Crippen molar-refractivity contribution in [3.8, 4) is 11.4 Å². The lowest BCUT2D eigenvalue weighted by atomic mass is 10.0. The average Bonchev–Trinajstić information content (AvgIpc) is 3.30. The van der Waals surface area contributed by atoms with E-state index in [-0.39, 0.29) is 23.6 Å². The first kappa shape index (κ1) is 21.2. The monoisotopic (exact) mass is 433 g/mol. The molecule has 0 unspecified atom stereocenters. The molecule has 2 atom stereocenters. The number of rotatable bonds is 6. The van der Waals surface area contributed by atoms with E-state index in [1.807, 2.05) is 32.0 Å². The first-order valence-electron chi connectivity index (χ1n) is 10.2. The Morgan fingerprint density at radius 2 is 1.88 bits per heavy atom. The van der Waals surface area contributed by atoms with Gasteiger partial charge in [-0.2, -0.15) is 4.98 Å². The summed E-state index contributed by atoms with van der Waals surface area (Å²) < 4.78 is 5.44. The highest BCUT2D eigenvalue weighted by atomic mass is 16.5. The number of amidine groups is 1. The van der Waals surface area contributed by atoms with E-state index in [0.29, 0.717) is 11.5 Å². The Hall–Kier alpha value is -4.08. The van der Waals surface area contributed by atoms with Gasteiger partial charge in [-0.1, -0.05) is 37.2 Å². The number of pyridine rings is 1. The summed E-state index contributed by atoms with van der Waals surface area (Å²) >= 11 is 0. The highest BCUT2D eigenvalue weighted by Gasteiger charge is 2.33. The first-order valence-corrected chi connectivity index (χ1v) is 10.2. The summed E-state index contributed by atoms with van der Waals surface area (Å²) in [5.41, 5.74) is 4.20. The van der Waals surface area contributed by atoms with Gasteiger partial charge < -0.3 is 9.84 Å². The Balaban J connectivity index is 1.54. The van der Waals surface area contributed by atoms with Gasteiger partial charge in [0.15, 0.2) is 0 Å². The van der Waals surface area contributed by atoms with E-state index in [1.165, 1.54) is 5.01 Å². The standard InChI is InChI=1S/C22H23N7O3/c1-13(2)17(21-26-18(28-32-21)15-9-11-23-12-10-15)25-20(30)19-24-14(3)22(31)29(27-19)16-7-5-4-6-8-16/h4-14,17H,1-3H3,(H,24,27)(H,25,30)/t14-,17-/m1/s1. The molecule has 2 N–H and O–H groups in total. The van der Waals surface area contributed by atoms with Gasteiger partial charge in [0, 0.05) is 18.0 Å². The van der Waals surface area contributed by atoms with Gasteiger partial charge in [0.05, 0.1) is 5.69 Å². The van der Waals surface area contributed by atoms with Crippen LogP contribution in [0, 0.1) is 5.92 Å². The van der Waals surface area contributed by atoms with Crippen LogP contribution in [0.5, 0.6) is 0 Å². The molecule has 164 valence electrons. The van der Waals surface area contributed by atoms with Crippen LogP contribution in [-0.4, -0.2) is 38.8 Å². The second-order valence-corrected chi connectivity index (χ2v) is 7.66. The molecule has 1 aromatic carbocycles. The van der Waals surface area contributed by atoms with E-state index in [1.54, 1.807) is 43.6 Å². The molecule has 32 heavy (non-hydrogen) atoms. The molecule has 0 fully saturated rings. The van der Waals surface area contributed by atoms with Crippen molar-refractivity contribution in [2.75, 3.05) is 5.01 Å². The van der Waals surface area contributed by atoms with Crippen LogP contribution in [0.25, 0.3) is 11.4 Å². The largest absolute Gasteiger partial charge is 0.337 e. The van der Waals surface area contributed by atoms with Crippen LogP contribution in [0.4, 0.5) is 5.69 Å². The fourth-order valence-electron chi connectivity index (χ4n) is 3.21. The number of hydrazine groups is 1. The Labute approximate surface area is 184 Å². The predicted molar refractivity (Wildman–Crippen MR) is 117 cm³/mol. The molecule has 4 rings (SSSR count). The molecule has 0 saturated carbocycles. The number of para-hydroxylation sites is 1. The summed E-state index contributed by atoms with van der Waals surface area (Å²) in [6.07, 6.45) is 3.28. The Morgan fingerprint density at radius 1 is 1.16 bits per heavy atom. The summed E-state index contributed by atoms with van der Waals surface area (Å²) in [5, 5.41) is 8.24. The van der Waals surface area contributed by atoms with Crippen LogP contribution in [0.15, 0.2) is 64.4 Å². The SMILES string of the molecule is CC(C)[C@@H](NC(=O)C1=N[C@H](C)C(=O)N(c2ccccc2)N1)c1nc(-c2ccncc2)no1. The van der Waals surface area contributed by atoms with E-state index in [0.717, 1.165) is 5.56 Å². The van der Waals surface area contributed by atoms with Crippen LogP contribution in [0.2, 0.25) is 0 Å². The van der Waals surface area contributed by atoms with Crippen LogP contribution in [-0.2, 0) is 9.59 Å². The highest BCUT2D eigenvalue weighted by Crippen LogP contribution is 2.23. The molecule has 0 radical (unpaired) electrons. The molecule has 3 aromatic rings. The second-order valence-electron chi connectivity index (χ2n) is 7.66. The summed E-state index contributed by atoms with van der Waals surface area (Å²) in [4.78, 5) is 38.3. The number of aromatic nitrogens is 3. The zero-order valence-corrected chi connectivity index (χ0v) is 17.9. The molecular formula is C22H23N7O3. The molecular weight excluding hydrogens is 410 g/mol. The Morgan fingerprint density at radius 3 is 2.56 bits per heavy atom. The summed E-state index contributed by atoms with van der Waals surface area (Å²) in [6.45, 7) is 5.50. The molecule has 2 amide bonds. The topological polar surface area (TPSA) is 126 Å². The number of hydrogen-bond donors (Lipinski definition) is 2. The van der Waals surface area contributed by atoms with Gasteiger partial charge >= 0.3 is 0 Å². The average molecular weight is 433 g/mol. The van der Waals surface area contributed by atoms with Gasteiger partial charge in [-0.3, -0.25) is 20.0 Å². The van der Waals surface area contributed by atoms with Crippen LogP contribution < -0.4 is 15.8 Å². The van der Waals surface area contributed by atoms with Crippen LogP contribution in [0.1, 0.15) is 32.7 Å². The van der Waals surface area contributed by atoms with Gasteiger partial charge in [-0.05, 0) is 37.1 Å². The lowest BCUT2D eigenvalue weighted by Crippen LogP contribution is -2.58. The lowest BCUT2D eigenvalue weighted by molar-refractivity contribution is -0.120. The van der Waals surface area contributed by atoms with Crippen molar-refractivity contribution in [2.24, 2.45) is 10.9 Å². The van der Waals surface area contributed by atoms with E-state index >= 15 is 0 Å². The minimum atomic E-state index is -0.712. The van der Waals surface area contributed by atoms with Crippen molar-refractivity contribution in [3.05, 3.63) is 60.7 Å².